The molecule has 2 amide bonds. The fourth-order valence-corrected chi connectivity index (χ4v) is 3.76. The molecule has 0 spiro atoms. The molecule has 0 radical (unpaired) electrons. The molecule has 0 atom stereocenters. The molecule has 1 aromatic rings. The van der Waals surface area contributed by atoms with E-state index in [0.717, 1.165) is 11.3 Å². The van der Waals surface area contributed by atoms with Gasteiger partial charge in [0.15, 0.2) is 0 Å². The predicted molar refractivity (Wildman–Crippen MR) is 121 cm³/mol. The maximum Gasteiger partial charge on any atom is 0.348 e. The van der Waals surface area contributed by atoms with Gasteiger partial charge in [-0.1, -0.05) is 12.7 Å². The van der Waals surface area contributed by atoms with Crippen LogP contribution in [0.4, 0.5) is 5.00 Å². The Kier molecular flexibility index (Phi) is 12.2. The zero-order chi connectivity index (χ0) is 24.1. The molecule has 0 saturated carbocycles. The van der Waals surface area contributed by atoms with Gasteiger partial charge >= 0.3 is 11.9 Å². The molecule has 0 fully saturated rings. The monoisotopic (exact) mass is 469 g/mol. The number of methoxy groups -OCH3 is 1. The minimum Gasteiger partial charge on any atom is -0.462 e. The Morgan fingerprint density at radius 2 is 1.81 bits per heavy atom. The number of hydrogen-bond acceptors (Lipinski definition) is 9. The molecule has 1 aromatic heterocycles. The Hall–Kier alpha value is -2.76. The van der Waals surface area contributed by atoms with E-state index in [2.05, 4.69) is 17.2 Å². The lowest BCUT2D eigenvalue weighted by atomic mass is 10.1. The van der Waals surface area contributed by atoms with Gasteiger partial charge in [-0.15, -0.1) is 11.3 Å². The summed E-state index contributed by atoms with van der Waals surface area (Å²) in [5.74, 6) is -1.94. The summed E-state index contributed by atoms with van der Waals surface area (Å²) in [6.45, 7) is 7.85. The fraction of sp³-hybridized carbons (Fsp3) is 0.524. The Bertz CT molecular complexity index is 823. The number of anilines is 1. The maximum atomic E-state index is 12.5. The molecule has 11 heteroatoms. The van der Waals surface area contributed by atoms with Crippen molar-refractivity contribution >= 4 is 40.1 Å². The SMILES string of the molecule is C=CCOC(=O)c1sc(NC(=O)CN(C)CC(=O)NCCCOC)c(C(=O)OCC)c1C. The molecular formula is C21H31N3O7S. The molecular weight excluding hydrogens is 438 g/mol. The summed E-state index contributed by atoms with van der Waals surface area (Å²) in [7, 11) is 3.21. The molecule has 178 valence electrons. The van der Waals surface area contributed by atoms with Crippen molar-refractivity contribution in [3.63, 3.8) is 0 Å². The predicted octanol–water partition coefficient (Wildman–Crippen LogP) is 1.60. The summed E-state index contributed by atoms with van der Waals surface area (Å²) in [6.07, 6.45) is 2.12. The first kappa shape index (κ1) is 27.3. The molecule has 32 heavy (non-hydrogen) atoms. The average Bonchev–Trinajstić information content (AvgIpc) is 3.05. The standard InChI is InChI=1S/C21H31N3O7S/c1-6-10-31-21(28)18-14(3)17(20(27)30-7-2)19(32-18)23-16(26)13-24(4)12-15(25)22-9-8-11-29-5/h6H,1,7-13H2,2-5H3,(H,22,25)(H,23,26). The molecule has 0 saturated heterocycles. The van der Waals surface area contributed by atoms with Crippen LogP contribution in [0.5, 0.6) is 0 Å². The highest BCUT2D eigenvalue weighted by molar-refractivity contribution is 7.18. The van der Waals surface area contributed by atoms with E-state index < -0.39 is 17.8 Å². The van der Waals surface area contributed by atoms with Crippen molar-refractivity contribution in [3.05, 3.63) is 28.7 Å². The van der Waals surface area contributed by atoms with Gasteiger partial charge in [0.1, 0.15) is 16.5 Å². The van der Waals surface area contributed by atoms with E-state index in [1.54, 1.807) is 28.0 Å². The van der Waals surface area contributed by atoms with Crippen molar-refractivity contribution in [2.45, 2.75) is 20.3 Å². The third kappa shape index (κ3) is 8.77. The normalized spacial score (nSPS) is 10.5. The van der Waals surface area contributed by atoms with Crippen molar-refractivity contribution in [2.75, 3.05) is 58.9 Å². The first-order valence-electron chi connectivity index (χ1n) is 10.1. The number of esters is 2. The fourth-order valence-electron chi connectivity index (χ4n) is 2.66. The van der Waals surface area contributed by atoms with Crippen molar-refractivity contribution in [3.8, 4) is 0 Å². The first-order valence-corrected chi connectivity index (χ1v) is 10.9. The summed E-state index contributed by atoms with van der Waals surface area (Å²) >= 11 is 0.933. The summed E-state index contributed by atoms with van der Waals surface area (Å²) < 4.78 is 15.0. The van der Waals surface area contributed by atoms with E-state index in [1.807, 2.05) is 0 Å². The Morgan fingerprint density at radius 1 is 1.12 bits per heavy atom. The lowest BCUT2D eigenvalue weighted by molar-refractivity contribution is -0.123. The molecule has 0 aliphatic rings. The third-order valence-electron chi connectivity index (χ3n) is 4.07. The van der Waals surface area contributed by atoms with Gasteiger partial charge in [-0.2, -0.15) is 0 Å². The summed E-state index contributed by atoms with van der Waals surface area (Å²) in [6, 6.07) is 0. The van der Waals surface area contributed by atoms with E-state index in [1.165, 1.54) is 11.0 Å². The molecule has 1 rings (SSSR count). The van der Waals surface area contributed by atoms with Crippen LogP contribution >= 0.6 is 11.3 Å². The number of carbonyl (C=O) groups excluding carboxylic acids is 4. The number of likely N-dealkylation sites (N-methyl/N-ethyl adjacent to an activating group) is 1. The van der Waals surface area contributed by atoms with Crippen LogP contribution in [0.15, 0.2) is 12.7 Å². The van der Waals surface area contributed by atoms with Gasteiger partial charge in [-0.05, 0) is 32.9 Å². The number of thiophene rings is 1. The minimum atomic E-state index is -0.650. The van der Waals surface area contributed by atoms with Crippen molar-refractivity contribution in [1.82, 2.24) is 10.2 Å². The number of nitrogens with zero attached hydrogens (tertiary/aromatic N) is 1. The van der Waals surface area contributed by atoms with E-state index in [0.29, 0.717) is 25.1 Å². The Labute approximate surface area is 191 Å². The second-order valence-corrected chi connectivity index (χ2v) is 7.81. The Morgan fingerprint density at radius 3 is 2.44 bits per heavy atom. The summed E-state index contributed by atoms with van der Waals surface area (Å²) in [5, 5.41) is 5.58. The highest BCUT2D eigenvalue weighted by Crippen LogP contribution is 2.34. The zero-order valence-corrected chi connectivity index (χ0v) is 19.8. The molecule has 1 heterocycles. The number of carbonyl (C=O) groups is 4. The molecule has 2 N–H and O–H groups in total. The molecule has 10 nitrogen and oxygen atoms in total. The highest BCUT2D eigenvalue weighted by atomic mass is 32.1. The maximum absolute atomic E-state index is 12.5. The average molecular weight is 470 g/mol. The molecule has 0 bridgehead atoms. The van der Waals surface area contributed by atoms with Gasteiger partial charge in [0.2, 0.25) is 11.8 Å². The quantitative estimate of drug-likeness (QED) is 0.239. The van der Waals surface area contributed by atoms with Gasteiger partial charge in [-0.25, -0.2) is 9.59 Å². The van der Waals surface area contributed by atoms with Gasteiger partial charge in [-0.3, -0.25) is 14.5 Å². The van der Waals surface area contributed by atoms with Crippen LogP contribution in [-0.4, -0.2) is 82.3 Å². The van der Waals surface area contributed by atoms with E-state index >= 15 is 0 Å². The van der Waals surface area contributed by atoms with Gasteiger partial charge in [0.05, 0.1) is 25.3 Å². The largest absolute Gasteiger partial charge is 0.462 e. The first-order chi connectivity index (χ1) is 15.2. The van der Waals surface area contributed by atoms with Crippen molar-refractivity contribution < 1.29 is 33.4 Å². The van der Waals surface area contributed by atoms with Crippen LogP contribution < -0.4 is 10.6 Å². The summed E-state index contributed by atoms with van der Waals surface area (Å²) in [5.41, 5.74) is 0.468. The van der Waals surface area contributed by atoms with Crippen LogP contribution in [0.25, 0.3) is 0 Å². The highest BCUT2D eigenvalue weighted by Gasteiger charge is 2.27. The number of ether oxygens (including phenoxy) is 3. The number of nitrogens with one attached hydrogen (secondary N) is 2. The van der Waals surface area contributed by atoms with Gasteiger partial charge < -0.3 is 24.8 Å². The van der Waals surface area contributed by atoms with Crippen LogP contribution in [-0.2, 0) is 23.8 Å². The van der Waals surface area contributed by atoms with Crippen molar-refractivity contribution in [2.24, 2.45) is 0 Å². The van der Waals surface area contributed by atoms with Gasteiger partial charge in [0.25, 0.3) is 0 Å². The van der Waals surface area contributed by atoms with Crippen molar-refractivity contribution in [1.29, 1.82) is 0 Å². The summed E-state index contributed by atoms with van der Waals surface area (Å²) in [4.78, 5) is 50.9. The third-order valence-corrected chi connectivity index (χ3v) is 5.26. The molecule has 0 aromatic carbocycles. The second-order valence-electron chi connectivity index (χ2n) is 6.78. The molecule has 0 aliphatic carbocycles. The van der Waals surface area contributed by atoms with E-state index in [4.69, 9.17) is 14.2 Å². The lowest BCUT2D eigenvalue weighted by Crippen LogP contribution is -2.39. The molecule has 0 aliphatic heterocycles. The topological polar surface area (TPSA) is 123 Å². The second kappa shape index (κ2) is 14.3. The number of amides is 2. The van der Waals surface area contributed by atoms with Gasteiger partial charge in [0, 0.05) is 20.3 Å². The minimum absolute atomic E-state index is 0.0188. The zero-order valence-electron chi connectivity index (χ0n) is 18.9. The van der Waals surface area contributed by atoms with Crippen LogP contribution in [0.2, 0.25) is 0 Å². The number of rotatable bonds is 14. The van der Waals surface area contributed by atoms with Crippen LogP contribution in [0, 0.1) is 6.92 Å². The van der Waals surface area contributed by atoms with Crippen LogP contribution in [0.1, 0.15) is 38.9 Å². The van der Waals surface area contributed by atoms with Crippen LogP contribution in [0.3, 0.4) is 0 Å². The lowest BCUT2D eigenvalue weighted by Gasteiger charge is -2.16. The number of hydrogen-bond donors (Lipinski definition) is 2. The van der Waals surface area contributed by atoms with E-state index in [9.17, 15) is 19.2 Å². The van der Waals surface area contributed by atoms with E-state index in [-0.39, 0.29) is 47.7 Å². The molecule has 0 unspecified atom stereocenters. The smallest absolute Gasteiger partial charge is 0.348 e. The Balaban J connectivity index is 2.84.